The number of nitrogens with two attached hydrogens (primary N) is 1. The Kier molecular flexibility index (Phi) is 5.85. The number of rotatable bonds is 4. The van der Waals surface area contributed by atoms with Gasteiger partial charge in [-0.2, -0.15) is 0 Å². The lowest BCUT2D eigenvalue weighted by molar-refractivity contribution is -0.116. The van der Waals surface area contributed by atoms with E-state index in [2.05, 4.69) is 22.2 Å². The fourth-order valence-electron chi connectivity index (χ4n) is 2.43. The van der Waals surface area contributed by atoms with E-state index in [9.17, 15) is 4.79 Å². The molecule has 1 saturated heterocycles. The van der Waals surface area contributed by atoms with Crippen LogP contribution in [0.3, 0.4) is 0 Å². The van der Waals surface area contributed by atoms with E-state index in [1.165, 1.54) is 0 Å². The van der Waals surface area contributed by atoms with Gasteiger partial charge in [0.15, 0.2) is 0 Å². The maximum absolute atomic E-state index is 12.0. The molecule has 5 nitrogen and oxygen atoms in total. The van der Waals surface area contributed by atoms with Crippen molar-refractivity contribution in [2.45, 2.75) is 12.8 Å². The summed E-state index contributed by atoms with van der Waals surface area (Å²) in [5, 5.41) is 3.31. The highest BCUT2D eigenvalue weighted by molar-refractivity contribution is 6.34. The van der Waals surface area contributed by atoms with Gasteiger partial charge >= 0.3 is 0 Å². The van der Waals surface area contributed by atoms with Crippen LogP contribution in [0.15, 0.2) is 18.2 Å². The van der Waals surface area contributed by atoms with Gasteiger partial charge in [0.25, 0.3) is 0 Å². The summed E-state index contributed by atoms with van der Waals surface area (Å²) in [5.74, 6) is -0.0146. The lowest BCUT2D eigenvalue weighted by Crippen LogP contribution is -2.31. The summed E-state index contributed by atoms with van der Waals surface area (Å²) in [6.45, 7) is 5.05. The molecule has 1 amide bonds. The van der Waals surface area contributed by atoms with Crippen molar-refractivity contribution >= 4 is 28.9 Å². The molecule has 6 heteroatoms. The zero-order valence-electron chi connectivity index (χ0n) is 12.4. The van der Waals surface area contributed by atoms with Crippen LogP contribution in [-0.2, 0) is 4.79 Å². The highest BCUT2D eigenvalue weighted by atomic mass is 35.5. The Bertz CT molecular complexity index is 495. The first kappa shape index (κ1) is 16.1. The monoisotopic (exact) mass is 310 g/mol. The minimum absolute atomic E-state index is 0.0146. The minimum Gasteiger partial charge on any atom is -0.399 e. The third-order valence-corrected chi connectivity index (χ3v) is 4.05. The van der Waals surface area contributed by atoms with Gasteiger partial charge in [-0.1, -0.05) is 11.6 Å². The topological polar surface area (TPSA) is 61.6 Å². The van der Waals surface area contributed by atoms with Gasteiger partial charge in [-0.15, -0.1) is 0 Å². The van der Waals surface area contributed by atoms with Crippen molar-refractivity contribution in [1.29, 1.82) is 0 Å². The maximum Gasteiger partial charge on any atom is 0.225 e. The molecule has 3 N–H and O–H groups in total. The molecule has 0 atom stereocenters. The molecule has 1 heterocycles. The number of benzene rings is 1. The van der Waals surface area contributed by atoms with Gasteiger partial charge in [-0.25, -0.2) is 0 Å². The first-order valence-electron chi connectivity index (χ1n) is 7.30. The van der Waals surface area contributed by atoms with Gasteiger partial charge in [0, 0.05) is 31.7 Å². The second-order valence-electron chi connectivity index (χ2n) is 5.54. The van der Waals surface area contributed by atoms with Gasteiger partial charge in [0.1, 0.15) is 0 Å². The van der Waals surface area contributed by atoms with Crippen molar-refractivity contribution in [2.24, 2.45) is 0 Å². The summed E-state index contributed by atoms with van der Waals surface area (Å²) in [6, 6.07) is 5.10. The van der Waals surface area contributed by atoms with Crippen molar-refractivity contribution < 1.29 is 4.79 Å². The van der Waals surface area contributed by atoms with Crippen LogP contribution < -0.4 is 11.1 Å². The van der Waals surface area contributed by atoms with Gasteiger partial charge < -0.3 is 20.9 Å². The van der Waals surface area contributed by atoms with Crippen LogP contribution in [0.5, 0.6) is 0 Å². The third-order valence-electron chi connectivity index (χ3n) is 3.73. The Balaban J connectivity index is 1.79. The van der Waals surface area contributed by atoms with E-state index < -0.39 is 0 Å². The van der Waals surface area contributed by atoms with Crippen molar-refractivity contribution in [1.82, 2.24) is 9.80 Å². The molecule has 0 aliphatic carbocycles. The lowest BCUT2D eigenvalue weighted by Gasteiger charge is -2.19. The molecule has 116 valence electrons. The maximum atomic E-state index is 12.0. The van der Waals surface area contributed by atoms with E-state index in [0.717, 1.165) is 39.1 Å². The van der Waals surface area contributed by atoms with E-state index >= 15 is 0 Å². The summed E-state index contributed by atoms with van der Waals surface area (Å²) in [6.07, 6.45) is 1.63. The van der Waals surface area contributed by atoms with Crippen LogP contribution in [0.25, 0.3) is 0 Å². The molecular weight excluding hydrogens is 288 g/mol. The molecule has 1 aliphatic rings. The van der Waals surface area contributed by atoms with Crippen LogP contribution in [-0.4, -0.2) is 55.5 Å². The van der Waals surface area contributed by atoms with Gasteiger partial charge in [-0.3, -0.25) is 4.79 Å². The largest absolute Gasteiger partial charge is 0.399 e. The Morgan fingerprint density at radius 2 is 2.14 bits per heavy atom. The summed E-state index contributed by atoms with van der Waals surface area (Å²) in [4.78, 5) is 16.7. The van der Waals surface area contributed by atoms with Crippen LogP contribution in [0.4, 0.5) is 11.4 Å². The Morgan fingerprint density at radius 1 is 1.33 bits per heavy atom. The molecule has 1 aliphatic heterocycles. The normalized spacial score (nSPS) is 17.4. The van der Waals surface area contributed by atoms with Crippen LogP contribution in [0.2, 0.25) is 5.02 Å². The number of nitrogen functional groups attached to an aromatic ring is 1. The molecule has 21 heavy (non-hydrogen) atoms. The fourth-order valence-corrected chi connectivity index (χ4v) is 2.66. The van der Waals surface area contributed by atoms with Gasteiger partial charge in [0.05, 0.1) is 10.7 Å². The molecule has 2 rings (SSSR count). The Labute approximate surface area is 131 Å². The van der Waals surface area contributed by atoms with Crippen LogP contribution in [0, 0.1) is 0 Å². The number of likely N-dealkylation sites (N-methyl/N-ethyl adjacent to an activating group) is 1. The molecule has 0 saturated carbocycles. The van der Waals surface area contributed by atoms with Crippen molar-refractivity contribution in [2.75, 3.05) is 50.8 Å². The molecular formula is C15H23ClN4O. The molecule has 0 unspecified atom stereocenters. The summed E-state index contributed by atoms with van der Waals surface area (Å²) < 4.78 is 0. The van der Waals surface area contributed by atoms with E-state index in [4.69, 9.17) is 17.3 Å². The van der Waals surface area contributed by atoms with Crippen LogP contribution in [0.1, 0.15) is 12.8 Å². The molecule has 0 radical (unpaired) electrons. The van der Waals surface area contributed by atoms with E-state index in [1.54, 1.807) is 18.2 Å². The van der Waals surface area contributed by atoms with E-state index in [-0.39, 0.29) is 5.91 Å². The van der Waals surface area contributed by atoms with Crippen molar-refractivity contribution in [3.63, 3.8) is 0 Å². The van der Waals surface area contributed by atoms with E-state index in [0.29, 0.717) is 22.8 Å². The van der Waals surface area contributed by atoms with Crippen molar-refractivity contribution in [3.8, 4) is 0 Å². The number of nitrogens with one attached hydrogen (secondary N) is 1. The third kappa shape index (κ3) is 5.19. The predicted molar refractivity (Wildman–Crippen MR) is 87.7 cm³/mol. The molecule has 1 aromatic rings. The SMILES string of the molecule is CN1CCCN(CCC(=O)Nc2ccc(N)cc2Cl)CC1. The average Bonchev–Trinajstić information content (AvgIpc) is 2.64. The fraction of sp³-hybridized carbons (Fsp3) is 0.533. The predicted octanol–water partition coefficient (Wildman–Crippen LogP) is 1.89. The molecule has 0 aromatic heterocycles. The summed E-state index contributed by atoms with van der Waals surface area (Å²) >= 11 is 6.05. The number of hydrogen-bond acceptors (Lipinski definition) is 4. The molecule has 1 aromatic carbocycles. The molecule has 0 spiro atoms. The first-order chi connectivity index (χ1) is 10.0. The second-order valence-corrected chi connectivity index (χ2v) is 5.94. The Morgan fingerprint density at radius 3 is 2.90 bits per heavy atom. The first-order valence-corrected chi connectivity index (χ1v) is 7.68. The average molecular weight is 311 g/mol. The quantitative estimate of drug-likeness (QED) is 0.834. The Hall–Kier alpha value is -1.30. The minimum atomic E-state index is -0.0146. The van der Waals surface area contributed by atoms with Gasteiger partial charge in [-0.05, 0) is 44.8 Å². The molecule has 0 bridgehead atoms. The smallest absolute Gasteiger partial charge is 0.225 e. The number of amides is 1. The lowest BCUT2D eigenvalue weighted by atomic mass is 10.2. The highest BCUT2D eigenvalue weighted by Crippen LogP contribution is 2.24. The summed E-state index contributed by atoms with van der Waals surface area (Å²) in [7, 11) is 2.14. The number of carbonyl (C=O) groups is 1. The molecule has 1 fully saturated rings. The second kappa shape index (κ2) is 7.64. The standard InChI is InChI=1S/C15H23ClN4O/c1-19-6-2-7-20(10-9-19)8-5-15(21)18-14-4-3-12(17)11-13(14)16/h3-4,11H,2,5-10,17H2,1H3,(H,18,21). The van der Waals surface area contributed by atoms with Gasteiger partial charge in [0.2, 0.25) is 5.91 Å². The zero-order valence-corrected chi connectivity index (χ0v) is 13.2. The number of anilines is 2. The highest BCUT2D eigenvalue weighted by Gasteiger charge is 2.13. The summed E-state index contributed by atoms with van der Waals surface area (Å²) in [5.41, 5.74) is 6.84. The number of carbonyl (C=O) groups excluding carboxylic acids is 1. The van der Waals surface area contributed by atoms with E-state index in [1.807, 2.05) is 0 Å². The number of hydrogen-bond donors (Lipinski definition) is 2. The number of halogens is 1. The van der Waals surface area contributed by atoms with Crippen molar-refractivity contribution in [3.05, 3.63) is 23.2 Å². The number of nitrogens with zero attached hydrogens (tertiary/aromatic N) is 2. The van der Waals surface area contributed by atoms with Crippen LogP contribution >= 0.6 is 11.6 Å². The zero-order chi connectivity index (χ0) is 15.2.